The van der Waals surface area contributed by atoms with Crippen LogP contribution in [0.4, 0.5) is 0 Å². The van der Waals surface area contributed by atoms with Crippen LogP contribution in [0.3, 0.4) is 0 Å². The maximum absolute atomic E-state index is 5.42. The van der Waals surface area contributed by atoms with E-state index >= 15 is 0 Å². The zero-order valence-corrected chi connectivity index (χ0v) is 15.5. The van der Waals surface area contributed by atoms with Gasteiger partial charge in [-0.1, -0.05) is 16.4 Å². The van der Waals surface area contributed by atoms with Crippen molar-refractivity contribution >= 4 is 11.0 Å². The van der Waals surface area contributed by atoms with Crippen molar-refractivity contribution in [2.45, 2.75) is 6.54 Å². The van der Waals surface area contributed by atoms with Gasteiger partial charge in [0.05, 0.1) is 19.2 Å². The lowest BCUT2D eigenvalue weighted by molar-refractivity contribution is 0.374. The quantitative estimate of drug-likeness (QED) is 0.520. The van der Waals surface area contributed by atoms with Crippen LogP contribution in [-0.2, 0) is 6.54 Å². The van der Waals surface area contributed by atoms with Gasteiger partial charge in [-0.25, -0.2) is 4.68 Å². The molecule has 8 nitrogen and oxygen atoms in total. The zero-order valence-electron chi connectivity index (χ0n) is 15.5. The Morgan fingerprint density at radius 1 is 1.11 bits per heavy atom. The third-order valence-electron chi connectivity index (χ3n) is 4.27. The Kier molecular flexibility index (Phi) is 4.55. The fourth-order valence-corrected chi connectivity index (χ4v) is 2.79. The number of fused-ring (bicyclic) bond motifs is 1. The maximum atomic E-state index is 5.42. The molecule has 0 atom stereocenters. The molecule has 2 aromatic carbocycles. The summed E-state index contributed by atoms with van der Waals surface area (Å²) in [5, 5.41) is 12.6. The van der Waals surface area contributed by atoms with Gasteiger partial charge < -0.3 is 14.2 Å². The van der Waals surface area contributed by atoms with E-state index in [0.717, 1.165) is 41.0 Å². The van der Waals surface area contributed by atoms with Crippen LogP contribution >= 0.6 is 0 Å². The van der Waals surface area contributed by atoms with E-state index < -0.39 is 0 Å². The molecule has 0 saturated heterocycles. The van der Waals surface area contributed by atoms with E-state index in [4.69, 9.17) is 9.26 Å². The van der Waals surface area contributed by atoms with Crippen LogP contribution in [0, 0.1) is 0 Å². The van der Waals surface area contributed by atoms with Crippen LogP contribution in [0.1, 0.15) is 0 Å². The van der Waals surface area contributed by atoms with Crippen molar-refractivity contribution in [3.8, 4) is 28.6 Å². The predicted octanol–water partition coefficient (Wildman–Crippen LogP) is 2.72. The first-order valence-corrected chi connectivity index (χ1v) is 8.60. The summed E-state index contributed by atoms with van der Waals surface area (Å²) in [7, 11) is 5.69. The molecule has 0 aliphatic carbocycles. The highest BCUT2D eigenvalue weighted by molar-refractivity contribution is 5.80. The SMILES string of the molecule is COc1cccc(-c2nc(-c3ccc4c(c3)nnn4CCN(C)C)no2)c1. The van der Waals surface area contributed by atoms with E-state index in [1.54, 1.807) is 7.11 Å². The topological polar surface area (TPSA) is 82.1 Å². The Bertz CT molecular complexity index is 1070. The van der Waals surface area contributed by atoms with E-state index in [9.17, 15) is 0 Å². The van der Waals surface area contributed by atoms with E-state index in [1.165, 1.54) is 0 Å². The lowest BCUT2D eigenvalue weighted by Gasteiger charge is -2.09. The van der Waals surface area contributed by atoms with Crippen molar-refractivity contribution in [1.29, 1.82) is 0 Å². The first kappa shape index (κ1) is 17.2. The smallest absolute Gasteiger partial charge is 0.258 e. The van der Waals surface area contributed by atoms with E-state index in [1.807, 2.05) is 61.2 Å². The summed E-state index contributed by atoms with van der Waals surface area (Å²) in [6.07, 6.45) is 0. The molecule has 0 fully saturated rings. The minimum absolute atomic E-state index is 0.443. The van der Waals surface area contributed by atoms with Crippen molar-refractivity contribution in [2.24, 2.45) is 0 Å². The molecule has 0 bridgehead atoms. The Labute approximate surface area is 156 Å². The summed E-state index contributed by atoms with van der Waals surface area (Å²) >= 11 is 0. The van der Waals surface area contributed by atoms with Gasteiger partial charge in [-0.05, 0) is 50.5 Å². The summed E-state index contributed by atoms with van der Waals surface area (Å²) in [6.45, 7) is 1.68. The molecular weight excluding hydrogens is 344 g/mol. The number of ether oxygens (including phenoxy) is 1. The van der Waals surface area contributed by atoms with Gasteiger partial charge in [0.2, 0.25) is 5.82 Å². The number of aromatic nitrogens is 5. The fourth-order valence-electron chi connectivity index (χ4n) is 2.79. The molecule has 0 aliphatic rings. The molecule has 0 saturated carbocycles. The molecule has 27 heavy (non-hydrogen) atoms. The molecule has 4 rings (SSSR count). The molecule has 0 spiro atoms. The van der Waals surface area contributed by atoms with Crippen molar-refractivity contribution in [1.82, 2.24) is 30.0 Å². The minimum atomic E-state index is 0.443. The minimum Gasteiger partial charge on any atom is -0.497 e. The van der Waals surface area contributed by atoms with E-state index in [0.29, 0.717) is 11.7 Å². The largest absolute Gasteiger partial charge is 0.497 e. The number of nitrogens with zero attached hydrogens (tertiary/aromatic N) is 6. The van der Waals surface area contributed by atoms with Crippen LogP contribution in [0.5, 0.6) is 5.75 Å². The van der Waals surface area contributed by atoms with Gasteiger partial charge in [0.1, 0.15) is 11.3 Å². The number of hydrogen-bond donors (Lipinski definition) is 0. The monoisotopic (exact) mass is 364 g/mol. The number of rotatable bonds is 6. The standard InChI is InChI=1S/C19H20N6O2/c1-24(2)9-10-25-17-8-7-13(12-16(17)21-23-25)18-20-19(27-22-18)14-5-4-6-15(11-14)26-3/h4-8,11-12H,9-10H2,1-3H3. The summed E-state index contributed by atoms with van der Waals surface area (Å²) in [6, 6.07) is 13.4. The third-order valence-corrected chi connectivity index (χ3v) is 4.27. The Morgan fingerprint density at radius 2 is 2.00 bits per heavy atom. The van der Waals surface area contributed by atoms with Gasteiger partial charge >= 0.3 is 0 Å². The first-order chi connectivity index (χ1) is 13.1. The number of methoxy groups -OCH3 is 1. The van der Waals surface area contributed by atoms with E-state index in [-0.39, 0.29) is 0 Å². The lowest BCUT2D eigenvalue weighted by Crippen LogP contribution is -2.18. The highest BCUT2D eigenvalue weighted by Gasteiger charge is 2.13. The van der Waals surface area contributed by atoms with Crippen molar-refractivity contribution in [2.75, 3.05) is 27.7 Å². The molecule has 4 aromatic rings. The molecule has 0 amide bonds. The summed E-state index contributed by atoms with van der Waals surface area (Å²) in [5.74, 6) is 1.69. The molecule has 138 valence electrons. The van der Waals surface area contributed by atoms with Crippen molar-refractivity contribution in [3.05, 3.63) is 42.5 Å². The van der Waals surface area contributed by atoms with Gasteiger partial charge in [0, 0.05) is 17.7 Å². The van der Waals surface area contributed by atoms with Crippen molar-refractivity contribution < 1.29 is 9.26 Å². The Hall–Kier alpha value is -3.26. The fraction of sp³-hybridized carbons (Fsp3) is 0.263. The molecule has 2 heterocycles. The van der Waals surface area contributed by atoms with Gasteiger partial charge in [-0.3, -0.25) is 0 Å². The van der Waals surface area contributed by atoms with Crippen LogP contribution in [0.2, 0.25) is 0 Å². The molecule has 8 heteroatoms. The first-order valence-electron chi connectivity index (χ1n) is 8.60. The number of benzene rings is 2. The van der Waals surface area contributed by atoms with E-state index in [2.05, 4.69) is 25.4 Å². The summed E-state index contributed by atoms with van der Waals surface area (Å²) < 4.78 is 12.6. The van der Waals surface area contributed by atoms with Crippen LogP contribution in [0.25, 0.3) is 33.9 Å². The summed E-state index contributed by atoms with van der Waals surface area (Å²) in [4.78, 5) is 6.62. The molecule has 2 aromatic heterocycles. The molecule has 0 radical (unpaired) electrons. The average molecular weight is 364 g/mol. The normalized spacial score (nSPS) is 11.4. The second kappa shape index (κ2) is 7.16. The number of hydrogen-bond acceptors (Lipinski definition) is 7. The number of likely N-dealkylation sites (N-methyl/N-ethyl adjacent to an activating group) is 1. The summed E-state index contributed by atoms with van der Waals surface area (Å²) in [5.41, 5.74) is 3.43. The predicted molar refractivity (Wildman–Crippen MR) is 101 cm³/mol. The molecule has 0 N–H and O–H groups in total. The van der Waals surface area contributed by atoms with Gasteiger partial charge in [-0.2, -0.15) is 4.98 Å². The Morgan fingerprint density at radius 3 is 2.81 bits per heavy atom. The maximum Gasteiger partial charge on any atom is 0.258 e. The van der Waals surface area contributed by atoms with Gasteiger partial charge in [0.25, 0.3) is 5.89 Å². The average Bonchev–Trinajstić information content (AvgIpc) is 3.33. The highest BCUT2D eigenvalue weighted by Crippen LogP contribution is 2.26. The van der Waals surface area contributed by atoms with Gasteiger partial charge in [-0.15, -0.1) is 5.10 Å². The van der Waals surface area contributed by atoms with Crippen LogP contribution in [-0.4, -0.2) is 57.8 Å². The Balaban J connectivity index is 1.62. The van der Waals surface area contributed by atoms with Crippen LogP contribution < -0.4 is 4.74 Å². The second-order valence-electron chi connectivity index (χ2n) is 6.47. The van der Waals surface area contributed by atoms with Crippen molar-refractivity contribution in [3.63, 3.8) is 0 Å². The highest BCUT2D eigenvalue weighted by atomic mass is 16.5. The second-order valence-corrected chi connectivity index (χ2v) is 6.47. The molecule has 0 aliphatic heterocycles. The zero-order chi connectivity index (χ0) is 18.8. The third kappa shape index (κ3) is 3.52. The lowest BCUT2D eigenvalue weighted by atomic mass is 10.2. The molecule has 0 unspecified atom stereocenters. The van der Waals surface area contributed by atoms with Crippen LogP contribution in [0.15, 0.2) is 47.0 Å². The molecular formula is C19H20N6O2. The van der Waals surface area contributed by atoms with Gasteiger partial charge in [0.15, 0.2) is 0 Å².